The fraction of sp³-hybridized carbons (Fsp3) is 0.214. The first-order valence-corrected chi connectivity index (χ1v) is 5.79. The Morgan fingerprint density at radius 1 is 1.15 bits per heavy atom. The maximum atomic E-state index is 13.8. The third-order valence-electron chi connectivity index (χ3n) is 3.03. The highest BCUT2D eigenvalue weighted by atomic mass is 19.4. The molecular formula is C14H11F4NO. The highest BCUT2D eigenvalue weighted by Gasteiger charge is 2.41. The van der Waals surface area contributed by atoms with Gasteiger partial charge in [0.05, 0.1) is 5.69 Å². The van der Waals surface area contributed by atoms with E-state index in [1.54, 1.807) is 6.07 Å². The SMILES string of the molecule is Cc1cc(C(=O)C(F)(F)F)c(C)n1-c1ccccc1F. The number of hydrogen-bond donors (Lipinski definition) is 0. The smallest absolute Gasteiger partial charge is 0.315 e. The average Bonchev–Trinajstić information content (AvgIpc) is 2.64. The lowest BCUT2D eigenvalue weighted by atomic mass is 10.1. The molecule has 106 valence electrons. The van der Waals surface area contributed by atoms with Crippen LogP contribution in [0.3, 0.4) is 0 Å². The van der Waals surface area contributed by atoms with Crippen molar-refractivity contribution < 1.29 is 22.4 Å². The van der Waals surface area contributed by atoms with Crippen LogP contribution in [0, 0.1) is 19.7 Å². The third-order valence-corrected chi connectivity index (χ3v) is 3.03. The molecule has 0 aliphatic carbocycles. The minimum atomic E-state index is -4.95. The summed E-state index contributed by atoms with van der Waals surface area (Å²) in [5.74, 6) is -2.49. The highest BCUT2D eigenvalue weighted by molar-refractivity contribution is 6.01. The summed E-state index contributed by atoms with van der Waals surface area (Å²) >= 11 is 0. The van der Waals surface area contributed by atoms with Crippen molar-refractivity contribution in [2.45, 2.75) is 20.0 Å². The lowest BCUT2D eigenvalue weighted by molar-refractivity contribution is -0.0885. The maximum Gasteiger partial charge on any atom is 0.454 e. The van der Waals surface area contributed by atoms with Crippen LogP contribution in [0.25, 0.3) is 5.69 Å². The minimum Gasteiger partial charge on any atom is -0.315 e. The Hall–Kier alpha value is -2.11. The molecule has 0 bridgehead atoms. The number of carbonyl (C=O) groups excluding carboxylic acids is 1. The monoisotopic (exact) mass is 285 g/mol. The summed E-state index contributed by atoms with van der Waals surface area (Å²) in [6, 6.07) is 6.82. The Morgan fingerprint density at radius 3 is 2.30 bits per heavy atom. The van der Waals surface area contributed by atoms with E-state index in [2.05, 4.69) is 0 Å². The molecule has 0 saturated heterocycles. The summed E-state index contributed by atoms with van der Waals surface area (Å²) in [6.45, 7) is 2.88. The molecular weight excluding hydrogens is 274 g/mol. The minimum absolute atomic E-state index is 0.0647. The van der Waals surface area contributed by atoms with Crippen LogP contribution < -0.4 is 0 Å². The molecule has 0 radical (unpaired) electrons. The number of aromatic nitrogens is 1. The van der Waals surface area contributed by atoms with Crippen LogP contribution in [0.1, 0.15) is 21.7 Å². The van der Waals surface area contributed by atoms with Crippen molar-refractivity contribution in [3.63, 3.8) is 0 Å². The lowest BCUT2D eigenvalue weighted by Crippen LogP contribution is -2.23. The van der Waals surface area contributed by atoms with E-state index in [-0.39, 0.29) is 11.4 Å². The molecule has 1 aromatic heterocycles. The van der Waals surface area contributed by atoms with E-state index in [0.717, 1.165) is 6.07 Å². The van der Waals surface area contributed by atoms with Gasteiger partial charge in [-0.3, -0.25) is 4.79 Å². The number of ketones is 1. The summed E-state index contributed by atoms with van der Waals surface area (Å²) < 4.78 is 52.6. The molecule has 0 aliphatic heterocycles. The second-order valence-electron chi connectivity index (χ2n) is 4.40. The van der Waals surface area contributed by atoms with Crippen molar-refractivity contribution in [1.29, 1.82) is 0 Å². The van der Waals surface area contributed by atoms with Gasteiger partial charge in [0.2, 0.25) is 0 Å². The molecule has 0 fully saturated rings. The lowest BCUT2D eigenvalue weighted by Gasteiger charge is -2.11. The van der Waals surface area contributed by atoms with Gasteiger partial charge in [0.1, 0.15) is 5.82 Å². The quantitative estimate of drug-likeness (QED) is 0.604. The van der Waals surface area contributed by atoms with E-state index in [0.29, 0.717) is 5.69 Å². The van der Waals surface area contributed by atoms with E-state index in [1.165, 1.54) is 36.6 Å². The van der Waals surface area contributed by atoms with Crippen molar-refractivity contribution in [2.24, 2.45) is 0 Å². The zero-order chi connectivity index (χ0) is 15.1. The number of nitrogens with zero attached hydrogens (tertiary/aromatic N) is 1. The molecule has 0 aliphatic rings. The van der Waals surface area contributed by atoms with E-state index >= 15 is 0 Å². The fourth-order valence-electron chi connectivity index (χ4n) is 2.15. The molecule has 0 atom stereocenters. The van der Waals surface area contributed by atoms with Gasteiger partial charge in [0.15, 0.2) is 0 Å². The largest absolute Gasteiger partial charge is 0.454 e. The van der Waals surface area contributed by atoms with Crippen LogP contribution >= 0.6 is 0 Å². The second kappa shape index (κ2) is 4.77. The van der Waals surface area contributed by atoms with E-state index in [1.807, 2.05) is 0 Å². The van der Waals surface area contributed by atoms with Gasteiger partial charge >= 0.3 is 6.18 Å². The Bertz CT molecular complexity index is 670. The molecule has 2 rings (SSSR count). The Kier molecular flexibility index (Phi) is 3.41. The zero-order valence-corrected chi connectivity index (χ0v) is 10.8. The molecule has 0 saturated carbocycles. The molecule has 0 spiro atoms. The predicted octanol–water partition coefficient (Wildman–Crippen LogP) is 3.98. The molecule has 2 nitrogen and oxygen atoms in total. The van der Waals surface area contributed by atoms with Crippen molar-refractivity contribution in [2.75, 3.05) is 0 Å². The summed E-state index contributed by atoms with van der Waals surface area (Å²) in [5, 5.41) is 0. The number of halogens is 4. The van der Waals surface area contributed by atoms with Crippen molar-refractivity contribution >= 4 is 5.78 Å². The topological polar surface area (TPSA) is 22.0 Å². The predicted molar refractivity (Wildman–Crippen MR) is 65.6 cm³/mol. The number of aryl methyl sites for hydroxylation is 1. The van der Waals surface area contributed by atoms with E-state index < -0.39 is 23.3 Å². The molecule has 0 N–H and O–H groups in total. The van der Waals surface area contributed by atoms with Crippen molar-refractivity contribution in [1.82, 2.24) is 4.57 Å². The zero-order valence-electron chi connectivity index (χ0n) is 10.8. The van der Waals surface area contributed by atoms with E-state index in [9.17, 15) is 22.4 Å². The molecule has 0 unspecified atom stereocenters. The third kappa shape index (κ3) is 2.33. The van der Waals surface area contributed by atoms with Crippen LogP contribution in [0.5, 0.6) is 0 Å². The summed E-state index contributed by atoms with van der Waals surface area (Å²) in [5.41, 5.74) is 0.0807. The number of para-hydroxylation sites is 1. The molecule has 6 heteroatoms. The van der Waals surface area contributed by atoms with Crippen LogP contribution in [0.15, 0.2) is 30.3 Å². The first-order valence-electron chi connectivity index (χ1n) is 5.79. The number of alkyl halides is 3. The fourth-order valence-corrected chi connectivity index (χ4v) is 2.15. The molecule has 2 aromatic rings. The van der Waals surface area contributed by atoms with Gasteiger partial charge in [-0.25, -0.2) is 4.39 Å². The maximum absolute atomic E-state index is 13.8. The van der Waals surface area contributed by atoms with Crippen LogP contribution in [-0.2, 0) is 0 Å². The number of carbonyl (C=O) groups is 1. The van der Waals surface area contributed by atoms with Gasteiger partial charge in [-0.05, 0) is 32.0 Å². The van der Waals surface area contributed by atoms with E-state index in [4.69, 9.17) is 0 Å². The number of hydrogen-bond acceptors (Lipinski definition) is 1. The average molecular weight is 285 g/mol. The normalized spacial score (nSPS) is 11.7. The summed E-state index contributed by atoms with van der Waals surface area (Å²) in [6.07, 6.45) is -4.95. The summed E-state index contributed by atoms with van der Waals surface area (Å²) in [7, 11) is 0. The van der Waals surface area contributed by atoms with Crippen molar-refractivity contribution in [3.05, 3.63) is 53.1 Å². The van der Waals surface area contributed by atoms with Gasteiger partial charge in [0.25, 0.3) is 5.78 Å². The number of Topliss-reactive ketones (excluding diaryl/α,β-unsaturated/α-hetero) is 1. The van der Waals surface area contributed by atoms with Crippen LogP contribution in [0.2, 0.25) is 0 Å². The molecule has 20 heavy (non-hydrogen) atoms. The van der Waals surface area contributed by atoms with Gasteiger partial charge in [0, 0.05) is 17.0 Å². The Labute approximate surface area is 112 Å². The van der Waals surface area contributed by atoms with Gasteiger partial charge in [-0.15, -0.1) is 0 Å². The summed E-state index contributed by atoms with van der Waals surface area (Å²) in [4.78, 5) is 11.3. The van der Waals surface area contributed by atoms with Gasteiger partial charge < -0.3 is 4.57 Å². The van der Waals surface area contributed by atoms with Gasteiger partial charge in [-0.2, -0.15) is 13.2 Å². The van der Waals surface area contributed by atoms with Crippen LogP contribution in [0.4, 0.5) is 17.6 Å². The molecule has 0 amide bonds. The Balaban J connectivity index is 2.62. The number of rotatable bonds is 2. The van der Waals surface area contributed by atoms with Gasteiger partial charge in [-0.1, -0.05) is 12.1 Å². The van der Waals surface area contributed by atoms with Crippen LogP contribution in [-0.4, -0.2) is 16.5 Å². The Morgan fingerprint density at radius 2 is 1.75 bits per heavy atom. The first-order chi connectivity index (χ1) is 9.23. The highest BCUT2D eigenvalue weighted by Crippen LogP contribution is 2.28. The molecule has 1 heterocycles. The second-order valence-corrected chi connectivity index (χ2v) is 4.40. The van der Waals surface area contributed by atoms with Crippen molar-refractivity contribution in [3.8, 4) is 5.69 Å². The number of benzene rings is 1. The molecule has 1 aromatic carbocycles. The first kappa shape index (κ1) is 14.3. The standard InChI is InChI=1S/C14H11F4NO/c1-8-7-10(13(20)14(16,17)18)9(2)19(8)12-6-4-3-5-11(12)15/h3-7H,1-2H3.